The van der Waals surface area contributed by atoms with Crippen LogP contribution in [0.2, 0.25) is 0 Å². The molecular weight excluding hydrogens is 295 g/mol. The number of aromatic carboxylic acids is 1. The van der Waals surface area contributed by atoms with Gasteiger partial charge in [0.15, 0.2) is 5.13 Å². The maximum absolute atomic E-state index is 13.3. The van der Waals surface area contributed by atoms with Crippen LogP contribution >= 0.6 is 11.3 Å². The lowest BCUT2D eigenvalue weighted by Crippen LogP contribution is -2.10. The van der Waals surface area contributed by atoms with Crippen LogP contribution in [0.3, 0.4) is 0 Å². The van der Waals surface area contributed by atoms with E-state index in [0.717, 1.165) is 11.3 Å². The molecule has 0 aliphatic heterocycles. The average molecular weight is 308 g/mol. The van der Waals surface area contributed by atoms with E-state index in [2.05, 4.69) is 10.3 Å². The van der Waals surface area contributed by atoms with Crippen LogP contribution in [0.5, 0.6) is 0 Å². The maximum atomic E-state index is 13.3. The molecule has 110 valence electrons. The highest BCUT2D eigenvalue weighted by molar-refractivity contribution is 7.18. The second-order valence-corrected chi connectivity index (χ2v) is 5.31. The Morgan fingerprint density at radius 3 is 2.81 bits per heavy atom. The van der Waals surface area contributed by atoms with Gasteiger partial charge in [-0.1, -0.05) is 30.4 Å². The minimum Gasteiger partial charge on any atom is -0.477 e. The van der Waals surface area contributed by atoms with Gasteiger partial charge in [-0.05, 0) is 18.6 Å². The zero-order valence-corrected chi connectivity index (χ0v) is 12.0. The topological polar surface area (TPSA) is 79.3 Å². The van der Waals surface area contributed by atoms with Crippen LogP contribution < -0.4 is 5.32 Å². The number of nitrogens with zero attached hydrogens (tertiary/aromatic N) is 1. The van der Waals surface area contributed by atoms with E-state index in [4.69, 9.17) is 0 Å². The van der Waals surface area contributed by atoms with Gasteiger partial charge in [-0.2, -0.15) is 0 Å². The third-order valence-electron chi connectivity index (χ3n) is 2.64. The number of hydrogen-bond donors (Lipinski definition) is 2. The van der Waals surface area contributed by atoms with Crippen molar-refractivity contribution < 1.29 is 19.1 Å². The van der Waals surface area contributed by atoms with Crippen LogP contribution in [0, 0.1) is 5.82 Å². The van der Waals surface area contributed by atoms with Crippen LogP contribution in [0.4, 0.5) is 9.52 Å². The van der Waals surface area contributed by atoms with Crippen molar-refractivity contribution in [1.29, 1.82) is 0 Å². The predicted octanol–water partition coefficient (Wildman–Crippen LogP) is 3.39. The SMILES string of the molecule is CCCC(=O)Nc1nc(-c2cccc(F)c2)c(C(=O)O)s1. The minimum absolute atomic E-state index is 0.0348. The summed E-state index contributed by atoms with van der Waals surface area (Å²) >= 11 is 0.857. The number of anilines is 1. The van der Waals surface area contributed by atoms with Gasteiger partial charge in [0, 0.05) is 12.0 Å². The molecule has 2 rings (SSSR count). The summed E-state index contributed by atoms with van der Waals surface area (Å²) in [6.45, 7) is 1.86. The Hall–Kier alpha value is -2.28. The molecule has 1 heterocycles. The van der Waals surface area contributed by atoms with Gasteiger partial charge in [0.2, 0.25) is 5.91 Å². The van der Waals surface area contributed by atoms with Crippen molar-refractivity contribution >= 4 is 28.3 Å². The Balaban J connectivity index is 2.38. The van der Waals surface area contributed by atoms with E-state index in [0.29, 0.717) is 18.4 Å². The fraction of sp³-hybridized carbons (Fsp3) is 0.214. The number of carboxylic acid groups (broad SMARTS) is 1. The number of thiazole rings is 1. The molecule has 21 heavy (non-hydrogen) atoms. The molecule has 0 radical (unpaired) electrons. The van der Waals surface area contributed by atoms with Crippen molar-refractivity contribution in [2.75, 3.05) is 5.32 Å². The van der Waals surface area contributed by atoms with Crippen LogP contribution in [0.15, 0.2) is 24.3 Å². The summed E-state index contributed by atoms with van der Waals surface area (Å²) in [6.07, 6.45) is 1.01. The highest BCUT2D eigenvalue weighted by atomic mass is 32.1. The summed E-state index contributed by atoms with van der Waals surface area (Å²) in [5.41, 5.74) is 0.512. The molecule has 7 heteroatoms. The van der Waals surface area contributed by atoms with Crippen molar-refractivity contribution in [1.82, 2.24) is 4.98 Å². The Labute approximate surface area is 124 Å². The molecule has 5 nitrogen and oxygen atoms in total. The standard InChI is InChI=1S/C14H13FN2O3S/c1-2-4-10(18)16-14-17-11(12(21-14)13(19)20)8-5-3-6-9(15)7-8/h3,5-7H,2,4H2,1H3,(H,19,20)(H,16,17,18). The molecule has 1 aromatic heterocycles. The van der Waals surface area contributed by atoms with Crippen LogP contribution in [-0.2, 0) is 4.79 Å². The minimum atomic E-state index is -1.16. The van der Waals surface area contributed by atoms with Crippen molar-refractivity contribution in [3.05, 3.63) is 35.0 Å². The lowest BCUT2D eigenvalue weighted by Gasteiger charge is -1.99. The second kappa shape index (κ2) is 6.45. The average Bonchev–Trinajstić information content (AvgIpc) is 2.83. The van der Waals surface area contributed by atoms with Crippen molar-refractivity contribution in [3.63, 3.8) is 0 Å². The molecule has 0 aliphatic rings. The Kier molecular flexibility index (Phi) is 4.64. The Bertz CT molecular complexity index is 685. The van der Waals surface area contributed by atoms with Crippen molar-refractivity contribution in [3.8, 4) is 11.3 Å². The zero-order chi connectivity index (χ0) is 15.4. The van der Waals surface area contributed by atoms with E-state index in [9.17, 15) is 19.1 Å². The van der Waals surface area contributed by atoms with Gasteiger partial charge in [-0.15, -0.1) is 0 Å². The van der Waals surface area contributed by atoms with Gasteiger partial charge in [0.25, 0.3) is 0 Å². The normalized spacial score (nSPS) is 10.4. The first kappa shape index (κ1) is 15.1. The molecule has 0 saturated carbocycles. The van der Waals surface area contributed by atoms with Crippen LogP contribution in [-0.4, -0.2) is 22.0 Å². The summed E-state index contributed by atoms with van der Waals surface area (Å²) < 4.78 is 13.3. The number of nitrogens with one attached hydrogen (secondary N) is 1. The highest BCUT2D eigenvalue weighted by Crippen LogP contribution is 2.31. The molecule has 0 unspecified atom stereocenters. The molecule has 0 bridgehead atoms. The van der Waals surface area contributed by atoms with Crippen molar-refractivity contribution in [2.24, 2.45) is 0 Å². The number of aromatic nitrogens is 1. The Morgan fingerprint density at radius 2 is 2.19 bits per heavy atom. The number of carbonyl (C=O) groups excluding carboxylic acids is 1. The number of benzene rings is 1. The first-order valence-electron chi connectivity index (χ1n) is 6.31. The first-order chi connectivity index (χ1) is 10.0. The fourth-order valence-electron chi connectivity index (χ4n) is 1.76. The molecule has 1 aromatic carbocycles. The quantitative estimate of drug-likeness (QED) is 0.887. The number of carboxylic acids is 1. The van der Waals surface area contributed by atoms with E-state index < -0.39 is 11.8 Å². The van der Waals surface area contributed by atoms with Crippen LogP contribution in [0.1, 0.15) is 29.4 Å². The molecule has 1 amide bonds. The number of halogens is 1. The molecule has 0 atom stereocenters. The van der Waals surface area contributed by atoms with Gasteiger partial charge in [-0.25, -0.2) is 14.2 Å². The predicted molar refractivity (Wildman–Crippen MR) is 78.0 cm³/mol. The molecule has 2 aromatic rings. The van der Waals surface area contributed by atoms with Crippen molar-refractivity contribution in [2.45, 2.75) is 19.8 Å². The molecule has 0 fully saturated rings. The van der Waals surface area contributed by atoms with E-state index in [1.165, 1.54) is 18.2 Å². The monoisotopic (exact) mass is 308 g/mol. The summed E-state index contributed by atoms with van der Waals surface area (Å²) in [6, 6.07) is 5.52. The molecule has 0 spiro atoms. The summed E-state index contributed by atoms with van der Waals surface area (Å²) in [5.74, 6) is -1.87. The van der Waals surface area contributed by atoms with Gasteiger partial charge in [0.1, 0.15) is 10.7 Å². The van der Waals surface area contributed by atoms with Gasteiger partial charge in [-0.3, -0.25) is 4.79 Å². The summed E-state index contributed by atoms with van der Waals surface area (Å²) in [5, 5.41) is 12.0. The highest BCUT2D eigenvalue weighted by Gasteiger charge is 2.20. The Morgan fingerprint density at radius 1 is 1.43 bits per heavy atom. The van der Waals surface area contributed by atoms with E-state index in [1.54, 1.807) is 6.07 Å². The van der Waals surface area contributed by atoms with E-state index in [1.807, 2.05) is 6.92 Å². The van der Waals surface area contributed by atoms with E-state index >= 15 is 0 Å². The fourth-order valence-corrected chi connectivity index (χ4v) is 2.60. The number of carbonyl (C=O) groups is 2. The molecule has 0 saturated heterocycles. The van der Waals surface area contributed by atoms with E-state index in [-0.39, 0.29) is 21.6 Å². The molecule has 0 aliphatic carbocycles. The number of rotatable bonds is 5. The second-order valence-electron chi connectivity index (χ2n) is 4.31. The lowest BCUT2D eigenvalue weighted by molar-refractivity contribution is -0.116. The van der Waals surface area contributed by atoms with Crippen LogP contribution in [0.25, 0.3) is 11.3 Å². The summed E-state index contributed by atoms with van der Waals surface area (Å²) in [7, 11) is 0. The largest absolute Gasteiger partial charge is 0.477 e. The number of amides is 1. The number of hydrogen-bond acceptors (Lipinski definition) is 4. The zero-order valence-electron chi connectivity index (χ0n) is 11.2. The molecule has 2 N–H and O–H groups in total. The third kappa shape index (κ3) is 3.63. The van der Waals surface area contributed by atoms with Gasteiger partial charge >= 0.3 is 5.97 Å². The third-order valence-corrected chi connectivity index (χ3v) is 3.60. The smallest absolute Gasteiger partial charge is 0.348 e. The summed E-state index contributed by atoms with van der Waals surface area (Å²) in [4.78, 5) is 26.9. The van der Waals surface area contributed by atoms with Gasteiger partial charge in [0.05, 0.1) is 5.69 Å². The molecular formula is C14H13FN2O3S. The maximum Gasteiger partial charge on any atom is 0.348 e. The van der Waals surface area contributed by atoms with Gasteiger partial charge < -0.3 is 10.4 Å². The lowest BCUT2D eigenvalue weighted by atomic mass is 10.1. The first-order valence-corrected chi connectivity index (χ1v) is 7.12.